The van der Waals surface area contributed by atoms with Crippen LogP contribution in [0, 0.1) is 16.0 Å². The number of nitrogens with zero attached hydrogens (tertiary/aromatic N) is 1. The fourth-order valence-corrected chi connectivity index (χ4v) is 4.53. The molecule has 1 N–H and O–H groups in total. The van der Waals surface area contributed by atoms with E-state index in [2.05, 4.69) is 0 Å². The molecule has 2 aliphatic carbocycles. The lowest BCUT2D eigenvalue weighted by atomic mass is 9.85. The molecule has 0 spiro atoms. The molecule has 0 aromatic heterocycles. The lowest BCUT2D eigenvalue weighted by Crippen LogP contribution is -2.22. The predicted molar refractivity (Wildman–Crippen MR) is 114 cm³/mol. The highest BCUT2D eigenvalue weighted by Crippen LogP contribution is 2.42. The van der Waals surface area contributed by atoms with E-state index in [0.29, 0.717) is 28.9 Å². The van der Waals surface area contributed by atoms with Gasteiger partial charge < -0.3 is 14.6 Å². The molecular formula is C22H22BNO7. The monoisotopic (exact) mass is 423 g/mol. The summed E-state index contributed by atoms with van der Waals surface area (Å²) >= 11 is 0. The molecule has 2 aromatic rings. The van der Waals surface area contributed by atoms with Gasteiger partial charge in [-0.3, -0.25) is 14.9 Å². The topological polar surface area (TPSA) is 116 Å². The molecule has 31 heavy (non-hydrogen) atoms. The maximum absolute atomic E-state index is 12.6. The van der Waals surface area contributed by atoms with Gasteiger partial charge in [0.1, 0.15) is 20.6 Å². The Morgan fingerprint density at radius 2 is 1.94 bits per heavy atom. The molecule has 0 saturated heterocycles. The van der Waals surface area contributed by atoms with Crippen LogP contribution in [0.2, 0.25) is 5.82 Å². The van der Waals surface area contributed by atoms with Crippen molar-refractivity contribution in [3.05, 3.63) is 63.2 Å². The first-order valence-corrected chi connectivity index (χ1v) is 10.2. The zero-order chi connectivity index (χ0) is 22.3. The summed E-state index contributed by atoms with van der Waals surface area (Å²) in [6.07, 6.45) is -1.01. The Labute approximate surface area is 179 Å². The predicted octanol–water partition coefficient (Wildman–Crippen LogP) is 3.21. The number of aliphatic hydroxyl groups is 1. The van der Waals surface area contributed by atoms with Crippen LogP contribution < -0.4 is 0 Å². The Balaban J connectivity index is 1.54. The maximum Gasteiger partial charge on any atom is 0.508 e. The van der Waals surface area contributed by atoms with E-state index >= 15 is 0 Å². The molecule has 2 aliphatic rings. The minimum atomic E-state index is -0.964. The summed E-state index contributed by atoms with van der Waals surface area (Å²) < 4.78 is 10.4. The van der Waals surface area contributed by atoms with E-state index in [-0.39, 0.29) is 35.1 Å². The highest BCUT2D eigenvalue weighted by Gasteiger charge is 2.34. The molecule has 0 amide bonds. The van der Waals surface area contributed by atoms with E-state index in [1.807, 2.05) is 7.85 Å². The number of aliphatic hydroxyl groups excluding tert-OH is 1. The average Bonchev–Trinajstić information content (AvgIpc) is 3.21. The fourth-order valence-electron chi connectivity index (χ4n) is 4.53. The number of nitro groups is 1. The van der Waals surface area contributed by atoms with Crippen LogP contribution in [0.1, 0.15) is 47.4 Å². The average molecular weight is 423 g/mol. The summed E-state index contributed by atoms with van der Waals surface area (Å²) in [6, 6.07) is 9.77. The normalized spacial score (nSPS) is 22.5. The molecule has 4 atom stereocenters. The zero-order valence-corrected chi connectivity index (χ0v) is 17.2. The minimum Gasteiger partial charge on any atom is -0.434 e. The van der Waals surface area contributed by atoms with Gasteiger partial charge in [0.2, 0.25) is 0 Å². The summed E-state index contributed by atoms with van der Waals surface area (Å²) in [5.74, 6) is -0.0505. The lowest BCUT2D eigenvalue weighted by molar-refractivity contribution is -0.386. The Bertz CT molecular complexity index is 1070. The number of fused-ring (bicyclic) bond motifs is 3. The van der Waals surface area contributed by atoms with Gasteiger partial charge >= 0.3 is 6.16 Å². The molecule has 0 radical (unpaired) electrons. The van der Waals surface area contributed by atoms with Crippen LogP contribution in [0.25, 0.3) is 11.1 Å². The van der Waals surface area contributed by atoms with Crippen LogP contribution in [0.15, 0.2) is 36.4 Å². The third-order valence-corrected chi connectivity index (χ3v) is 6.09. The maximum atomic E-state index is 12.6. The first-order chi connectivity index (χ1) is 14.8. The second-order valence-electron chi connectivity index (χ2n) is 8.31. The van der Waals surface area contributed by atoms with Crippen molar-refractivity contribution in [1.82, 2.24) is 0 Å². The Hall–Kier alpha value is -3.20. The van der Waals surface area contributed by atoms with Crippen molar-refractivity contribution >= 4 is 25.5 Å². The molecule has 9 heteroatoms. The lowest BCUT2D eigenvalue weighted by Gasteiger charge is -2.17. The van der Waals surface area contributed by atoms with Crippen molar-refractivity contribution in [2.75, 3.05) is 6.61 Å². The van der Waals surface area contributed by atoms with Gasteiger partial charge in [-0.2, -0.15) is 0 Å². The Morgan fingerprint density at radius 3 is 2.58 bits per heavy atom. The molecule has 2 unspecified atom stereocenters. The van der Waals surface area contributed by atoms with Gasteiger partial charge in [0.05, 0.1) is 16.6 Å². The fraction of sp³-hybridized carbons (Fsp3) is 0.364. The molecule has 1 saturated carbocycles. The van der Waals surface area contributed by atoms with Crippen LogP contribution >= 0.6 is 0 Å². The number of rotatable bonds is 5. The molecule has 0 bridgehead atoms. The van der Waals surface area contributed by atoms with E-state index in [4.69, 9.17) is 9.47 Å². The molecular weight excluding hydrogens is 401 g/mol. The second kappa shape index (κ2) is 8.15. The van der Waals surface area contributed by atoms with Gasteiger partial charge in [0.25, 0.3) is 5.69 Å². The van der Waals surface area contributed by atoms with E-state index in [9.17, 15) is 24.8 Å². The van der Waals surface area contributed by atoms with Crippen molar-refractivity contribution in [2.24, 2.45) is 5.92 Å². The number of ether oxygens (including phenoxy) is 2. The summed E-state index contributed by atoms with van der Waals surface area (Å²) in [6.45, 7) is 1.55. The van der Waals surface area contributed by atoms with E-state index < -0.39 is 23.3 Å². The third-order valence-electron chi connectivity index (χ3n) is 6.09. The molecule has 2 aromatic carbocycles. The van der Waals surface area contributed by atoms with Crippen LogP contribution in [0.3, 0.4) is 0 Å². The summed E-state index contributed by atoms with van der Waals surface area (Å²) in [5.41, 5.74) is 1.91. The van der Waals surface area contributed by atoms with Crippen LogP contribution in [-0.4, -0.2) is 42.5 Å². The number of hydrogen-bond donors (Lipinski definition) is 1. The van der Waals surface area contributed by atoms with Crippen molar-refractivity contribution in [2.45, 2.75) is 37.8 Å². The number of carbonyl (C=O) groups excluding carboxylic acids is 2. The van der Waals surface area contributed by atoms with E-state index in [1.165, 1.54) is 19.1 Å². The molecule has 160 valence electrons. The van der Waals surface area contributed by atoms with Gasteiger partial charge in [-0.15, -0.1) is 0 Å². The van der Waals surface area contributed by atoms with E-state index in [1.54, 1.807) is 24.3 Å². The van der Waals surface area contributed by atoms with Crippen molar-refractivity contribution in [3.63, 3.8) is 0 Å². The Morgan fingerprint density at radius 1 is 1.23 bits per heavy atom. The molecule has 1 fully saturated rings. The molecule has 4 rings (SSSR count). The van der Waals surface area contributed by atoms with Gasteiger partial charge in [-0.25, -0.2) is 4.79 Å². The third kappa shape index (κ3) is 3.93. The van der Waals surface area contributed by atoms with Gasteiger partial charge in [-0.05, 0) is 37.0 Å². The van der Waals surface area contributed by atoms with Crippen molar-refractivity contribution < 1.29 is 29.1 Å². The van der Waals surface area contributed by atoms with Gasteiger partial charge in [-0.1, -0.05) is 30.1 Å². The number of nitro benzene ring substituents is 1. The second-order valence-corrected chi connectivity index (χ2v) is 8.31. The highest BCUT2D eigenvalue weighted by atomic mass is 16.7. The smallest absolute Gasteiger partial charge is 0.434 e. The first kappa shape index (κ1) is 21.1. The number of hydrogen-bond acceptors (Lipinski definition) is 7. The standard InChI is InChI=1S/C22H22BNO7/c1-11(31-22(27)30-10-12-6-13(23)7-20(12)25)16-8-17-14-4-2-3-5-15(14)21(26)18(17)9-19(16)24(28)29/h2-5,8-9,11-13,20,25H,6-7,10,23H2,1H3/t11?,12-,13-,20?/m1/s1. The molecule has 0 heterocycles. The first-order valence-electron chi connectivity index (χ1n) is 10.2. The van der Waals surface area contributed by atoms with Gasteiger partial charge in [0, 0.05) is 23.1 Å². The van der Waals surface area contributed by atoms with Crippen LogP contribution in [-0.2, 0) is 9.47 Å². The number of ketones is 1. The molecule has 0 aliphatic heterocycles. The van der Waals surface area contributed by atoms with Gasteiger partial charge in [0.15, 0.2) is 5.78 Å². The largest absolute Gasteiger partial charge is 0.508 e. The molecule has 8 nitrogen and oxygen atoms in total. The highest BCUT2D eigenvalue weighted by molar-refractivity contribution is 6.22. The zero-order valence-electron chi connectivity index (χ0n) is 17.2. The SMILES string of the molecule is B[C@H]1CC(O)[C@@H](COC(=O)OC(C)c2cc3c(cc2[N+](=O)[O-])C(=O)c2ccccc2-3)C1. The Kier molecular flexibility index (Phi) is 5.53. The van der Waals surface area contributed by atoms with Crippen molar-refractivity contribution in [3.8, 4) is 11.1 Å². The van der Waals surface area contributed by atoms with Crippen LogP contribution in [0.5, 0.6) is 0 Å². The van der Waals surface area contributed by atoms with Crippen molar-refractivity contribution in [1.29, 1.82) is 0 Å². The number of benzene rings is 2. The quantitative estimate of drug-likeness (QED) is 0.290. The summed E-state index contributed by atoms with van der Waals surface area (Å²) in [4.78, 5) is 35.9. The minimum absolute atomic E-state index is 0.0330. The summed E-state index contributed by atoms with van der Waals surface area (Å²) in [7, 11) is 2.03. The van der Waals surface area contributed by atoms with E-state index in [0.717, 1.165) is 6.42 Å². The number of carbonyl (C=O) groups is 2. The van der Waals surface area contributed by atoms with Crippen LogP contribution in [0.4, 0.5) is 10.5 Å². The summed E-state index contributed by atoms with van der Waals surface area (Å²) in [5, 5.41) is 21.6.